The molecule has 0 fully saturated rings. The van der Waals surface area contributed by atoms with Crippen LogP contribution in [0.25, 0.3) is 0 Å². The Morgan fingerprint density at radius 3 is 2.56 bits per heavy atom. The van der Waals surface area contributed by atoms with Gasteiger partial charge in [-0.15, -0.1) is 0 Å². The minimum atomic E-state index is -1.01. The van der Waals surface area contributed by atoms with Gasteiger partial charge in [-0.25, -0.2) is 4.79 Å². The molecule has 0 aromatic heterocycles. The summed E-state index contributed by atoms with van der Waals surface area (Å²) in [6.07, 6.45) is 0. The zero-order valence-electron chi connectivity index (χ0n) is 10.8. The van der Waals surface area contributed by atoms with E-state index < -0.39 is 12.0 Å². The van der Waals surface area contributed by atoms with Crippen molar-refractivity contribution in [1.29, 1.82) is 0 Å². The van der Waals surface area contributed by atoms with Crippen molar-refractivity contribution in [3.63, 3.8) is 0 Å². The van der Waals surface area contributed by atoms with Gasteiger partial charge in [0.05, 0.1) is 5.56 Å². The molecule has 1 atom stereocenters. The van der Waals surface area contributed by atoms with E-state index in [1.807, 2.05) is 6.92 Å². The maximum atomic E-state index is 11.9. The molecule has 98 valence electrons. The maximum Gasteiger partial charge on any atom is 0.337 e. The Labute approximate surface area is 106 Å². The van der Waals surface area contributed by atoms with Gasteiger partial charge in [0.25, 0.3) is 0 Å². The summed E-state index contributed by atoms with van der Waals surface area (Å²) in [5.74, 6) is -1.08. The monoisotopic (exact) mass is 250 g/mol. The van der Waals surface area contributed by atoms with Crippen LogP contribution in [0.3, 0.4) is 0 Å². The summed E-state index contributed by atoms with van der Waals surface area (Å²) in [4.78, 5) is 24.5. The Hall–Kier alpha value is -2.04. The molecule has 0 aliphatic carbocycles. The highest BCUT2D eigenvalue weighted by molar-refractivity contribution is 5.95. The number of nitrogens with one attached hydrogen (secondary N) is 1. The van der Waals surface area contributed by atoms with Gasteiger partial charge in [0.2, 0.25) is 5.91 Å². The van der Waals surface area contributed by atoms with Crippen LogP contribution in [0.4, 0.5) is 5.69 Å². The summed E-state index contributed by atoms with van der Waals surface area (Å²) >= 11 is 0. The lowest BCUT2D eigenvalue weighted by Crippen LogP contribution is -2.39. The first kappa shape index (κ1) is 14.0. The Kier molecular flexibility index (Phi) is 4.71. The molecule has 1 rings (SSSR count). The Bertz CT molecular complexity index is 446. The molecule has 0 saturated heterocycles. The van der Waals surface area contributed by atoms with Gasteiger partial charge in [0, 0.05) is 19.3 Å². The first-order valence-corrected chi connectivity index (χ1v) is 5.81. The number of benzene rings is 1. The topological polar surface area (TPSA) is 69.6 Å². The lowest BCUT2D eigenvalue weighted by atomic mass is 10.1. The number of anilines is 1. The number of rotatable bonds is 5. The Morgan fingerprint density at radius 2 is 2.00 bits per heavy atom. The summed E-state index contributed by atoms with van der Waals surface area (Å²) in [5, 5.41) is 12.0. The SMILES string of the molecule is CCN(C)C(=O)C(C)Nc1ccccc1C(=O)O. The maximum absolute atomic E-state index is 11.9. The van der Waals surface area contributed by atoms with Crippen LogP contribution in [0.2, 0.25) is 0 Å². The number of carbonyl (C=O) groups is 2. The zero-order chi connectivity index (χ0) is 13.7. The fraction of sp³-hybridized carbons (Fsp3) is 0.385. The molecule has 18 heavy (non-hydrogen) atoms. The van der Waals surface area contributed by atoms with Crippen LogP contribution in [0.1, 0.15) is 24.2 Å². The van der Waals surface area contributed by atoms with Gasteiger partial charge >= 0.3 is 5.97 Å². The third-order valence-corrected chi connectivity index (χ3v) is 2.75. The molecule has 0 bridgehead atoms. The van der Waals surface area contributed by atoms with Crippen LogP contribution in [-0.4, -0.2) is 41.5 Å². The molecule has 0 radical (unpaired) electrons. The van der Waals surface area contributed by atoms with Crippen molar-refractivity contribution in [2.24, 2.45) is 0 Å². The number of aromatic carboxylic acids is 1. The van der Waals surface area contributed by atoms with Crippen LogP contribution < -0.4 is 5.32 Å². The summed E-state index contributed by atoms with van der Waals surface area (Å²) in [5.41, 5.74) is 0.617. The molecule has 5 heteroatoms. The number of amides is 1. The lowest BCUT2D eigenvalue weighted by molar-refractivity contribution is -0.130. The normalized spacial score (nSPS) is 11.7. The summed E-state index contributed by atoms with van der Waals surface area (Å²) < 4.78 is 0. The average molecular weight is 250 g/mol. The minimum absolute atomic E-state index is 0.0716. The number of carbonyl (C=O) groups excluding carboxylic acids is 1. The highest BCUT2D eigenvalue weighted by atomic mass is 16.4. The van der Waals surface area contributed by atoms with E-state index in [4.69, 9.17) is 5.11 Å². The Balaban J connectivity index is 2.85. The van der Waals surface area contributed by atoms with Crippen molar-refractivity contribution in [2.75, 3.05) is 18.9 Å². The highest BCUT2D eigenvalue weighted by Gasteiger charge is 2.18. The Morgan fingerprint density at radius 1 is 1.39 bits per heavy atom. The predicted molar refractivity (Wildman–Crippen MR) is 69.8 cm³/mol. The van der Waals surface area contributed by atoms with Crippen LogP contribution in [0, 0.1) is 0 Å². The van der Waals surface area contributed by atoms with Gasteiger partial charge in [0.1, 0.15) is 6.04 Å². The molecule has 1 aromatic carbocycles. The van der Waals surface area contributed by atoms with Crippen LogP contribution >= 0.6 is 0 Å². The van der Waals surface area contributed by atoms with E-state index in [-0.39, 0.29) is 11.5 Å². The van der Waals surface area contributed by atoms with Gasteiger partial charge in [-0.2, -0.15) is 0 Å². The second-order valence-corrected chi connectivity index (χ2v) is 4.07. The molecule has 0 aliphatic heterocycles. The summed E-state index contributed by atoms with van der Waals surface area (Å²) in [6.45, 7) is 4.22. The van der Waals surface area contributed by atoms with Crippen LogP contribution in [0.15, 0.2) is 24.3 Å². The van der Waals surface area contributed by atoms with Gasteiger partial charge < -0.3 is 15.3 Å². The summed E-state index contributed by atoms with van der Waals surface area (Å²) in [6, 6.07) is 6.08. The van der Waals surface area contributed by atoms with E-state index in [0.29, 0.717) is 12.2 Å². The van der Waals surface area contributed by atoms with Gasteiger partial charge in [-0.1, -0.05) is 12.1 Å². The zero-order valence-corrected chi connectivity index (χ0v) is 10.8. The van der Waals surface area contributed by atoms with Gasteiger partial charge in [0.15, 0.2) is 0 Å². The van der Waals surface area contributed by atoms with Crippen molar-refractivity contribution >= 4 is 17.6 Å². The van der Waals surface area contributed by atoms with E-state index in [9.17, 15) is 9.59 Å². The van der Waals surface area contributed by atoms with Crippen molar-refractivity contribution in [3.05, 3.63) is 29.8 Å². The number of para-hydroxylation sites is 1. The second-order valence-electron chi connectivity index (χ2n) is 4.07. The van der Waals surface area contributed by atoms with Crippen molar-refractivity contribution in [3.8, 4) is 0 Å². The fourth-order valence-electron chi connectivity index (χ4n) is 1.58. The molecule has 5 nitrogen and oxygen atoms in total. The van der Waals surface area contributed by atoms with E-state index in [2.05, 4.69) is 5.32 Å². The smallest absolute Gasteiger partial charge is 0.337 e. The van der Waals surface area contributed by atoms with E-state index in [1.54, 1.807) is 37.1 Å². The van der Waals surface area contributed by atoms with Crippen molar-refractivity contribution in [2.45, 2.75) is 19.9 Å². The first-order valence-electron chi connectivity index (χ1n) is 5.81. The number of carboxylic acids is 1. The molecular weight excluding hydrogens is 232 g/mol. The molecule has 1 unspecified atom stereocenters. The van der Waals surface area contributed by atoms with Gasteiger partial charge in [-0.05, 0) is 26.0 Å². The number of hydrogen-bond donors (Lipinski definition) is 2. The molecule has 0 saturated carbocycles. The van der Waals surface area contributed by atoms with E-state index >= 15 is 0 Å². The highest BCUT2D eigenvalue weighted by Crippen LogP contribution is 2.16. The number of hydrogen-bond acceptors (Lipinski definition) is 3. The van der Waals surface area contributed by atoms with Crippen LogP contribution in [0.5, 0.6) is 0 Å². The van der Waals surface area contributed by atoms with Gasteiger partial charge in [-0.3, -0.25) is 4.79 Å². The third kappa shape index (κ3) is 3.23. The minimum Gasteiger partial charge on any atom is -0.478 e. The molecule has 0 spiro atoms. The molecule has 0 aliphatic rings. The van der Waals surface area contributed by atoms with E-state index in [1.165, 1.54) is 6.07 Å². The summed E-state index contributed by atoms with van der Waals surface area (Å²) in [7, 11) is 1.71. The average Bonchev–Trinajstić information content (AvgIpc) is 2.37. The molecule has 1 amide bonds. The standard InChI is InChI=1S/C13H18N2O3/c1-4-15(3)12(16)9(2)14-11-8-6-5-7-10(11)13(17)18/h5-9,14H,4H2,1-3H3,(H,17,18). The van der Waals surface area contributed by atoms with Crippen molar-refractivity contribution < 1.29 is 14.7 Å². The molecule has 2 N–H and O–H groups in total. The largest absolute Gasteiger partial charge is 0.478 e. The lowest BCUT2D eigenvalue weighted by Gasteiger charge is -2.22. The number of likely N-dealkylation sites (N-methyl/N-ethyl adjacent to an activating group) is 1. The fourth-order valence-corrected chi connectivity index (χ4v) is 1.58. The third-order valence-electron chi connectivity index (χ3n) is 2.75. The predicted octanol–water partition coefficient (Wildman–Crippen LogP) is 1.66. The van der Waals surface area contributed by atoms with E-state index in [0.717, 1.165) is 0 Å². The number of carboxylic acid groups (broad SMARTS) is 1. The quantitative estimate of drug-likeness (QED) is 0.834. The van der Waals surface area contributed by atoms with Crippen molar-refractivity contribution in [1.82, 2.24) is 4.90 Å². The molecule has 0 heterocycles. The molecular formula is C13H18N2O3. The first-order chi connectivity index (χ1) is 8.47. The van der Waals surface area contributed by atoms with Crippen LogP contribution in [-0.2, 0) is 4.79 Å². The second kappa shape index (κ2) is 6.05. The number of nitrogens with zero attached hydrogens (tertiary/aromatic N) is 1. The molecule has 1 aromatic rings.